The van der Waals surface area contributed by atoms with Crippen LogP contribution in [0.4, 0.5) is 5.13 Å². The smallest absolute Gasteiger partial charge is 0.350 e. The number of aryl methyl sites for hydroxylation is 1. The minimum Gasteiger partial charge on any atom is -0.469 e. The van der Waals surface area contributed by atoms with Gasteiger partial charge in [-0.3, -0.25) is 9.59 Å². The minimum absolute atomic E-state index is 0.00156. The van der Waals surface area contributed by atoms with Crippen LogP contribution < -0.4 is 5.32 Å². The van der Waals surface area contributed by atoms with Gasteiger partial charge in [0.25, 0.3) is 0 Å². The van der Waals surface area contributed by atoms with Crippen molar-refractivity contribution in [1.82, 2.24) is 4.98 Å². The van der Waals surface area contributed by atoms with Gasteiger partial charge in [-0.2, -0.15) is 0 Å². The zero-order chi connectivity index (χ0) is 16.7. The third-order valence-electron chi connectivity index (χ3n) is 2.56. The van der Waals surface area contributed by atoms with Gasteiger partial charge < -0.3 is 14.8 Å². The van der Waals surface area contributed by atoms with Gasteiger partial charge in [0.15, 0.2) is 5.13 Å². The van der Waals surface area contributed by atoms with E-state index in [1.807, 2.05) is 13.8 Å². The summed E-state index contributed by atoms with van der Waals surface area (Å²) in [5.74, 6) is -1.02. The highest BCUT2D eigenvalue weighted by molar-refractivity contribution is 7.17. The van der Waals surface area contributed by atoms with E-state index in [0.717, 1.165) is 11.3 Å². The largest absolute Gasteiger partial charge is 0.469 e. The monoisotopic (exact) mass is 328 g/mol. The van der Waals surface area contributed by atoms with Crippen LogP contribution in [0.15, 0.2) is 0 Å². The molecule has 1 amide bonds. The number of rotatable bonds is 7. The number of ether oxygens (including phenoxy) is 2. The molecule has 1 aromatic heterocycles. The molecule has 22 heavy (non-hydrogen) atoms. The molecule has 8 heteroatoms. The third-order valence-corrected chi connectivity index (χ3v) is 3.61. The summed E-state index contributed by atoms with van der Waals surface area (Å²) in [6.45, 7) is 5.89. The fourth-order valence-corrected chi connectivity index (χ4v) is 2.32. The van der Waals surface area contributed by atoms with E-state index in [4.69, 9.17) is 4.74 Å². The molecule has 1 aromatic rings. The number of methoxy groups -OCH3 is 1. The Balaban J connectivity index is 2.59. The van der Waals surface area contributed by atoms with Crippen molar-refractivity contribution in [2.45, 2.75) is 33.6 Å². The molecule has 0 aliphatic carbocycles. The number of esters is 2. The predicted octanol–water partition coefficient (Wildman–Crippen LogP) is 2.16. The molecular weight excluding hydrogens is 308 g/mol. The maximum Gasteiger partial charge on any atom is 0.350 e. The summed E-state index contributed by atoms with van der Waals surface area (Å²) in [6, 6.07) is 0. The van der Waals surface area contributed by atoms with Gasteiger partial charge in [0.1, 0.15) is 4.88 Å². The normalized spacial score (nSPS) is 10.4. The van der Waals surface area contributed by atoms with E-state index in [2.05, 4.69) is 15.0 Å². The number of carbonyl (C=O) groups excluding carboxylic acids is 3. The molecule has 0 fully saturated rings. The summed E-state index contributed by atoms with van der Waals surface area (Å²) in [5, 5.41) is 2.86. The molecule has 0 aromatic carbocycles. The van der Waals surface area contributed by atoms with Crippen molar-refractivity contribution in [3.05, 3.63) is 10.6 Å². The summed E-state index contributed by atoms with van der Waals surface area (Å²) in [6.07, 6.45) is -0.00555. The van der Waals surface area contributed by atoms with E-state index in [-0.39, 0.29) is 24.7 Å². The van der Waals surface area contributed by atoms with Gasteiger partial charge in [-0.25, -0.2) is 9.78 Å². The zero-order valence-electron chi connectivity index (χ0n) is 13.1. The van der Waals surface area contributed by atoms with E-state index >= 15 is 0 Å². The second kappa shape index (κ2) is 8.47. The van der Waals surface area contributed by atoms with E-state index in [0.29, 0.717) is 22.3 Å². The molecule has 0 atom stereocenters. The lowest BCUT2D eigenvalue weighted by molar-refractivity contribution is -0.141. The molecule has 7 nitrogen and oxygen atoms in total. The molecule has 1 N–H and O–H groups in total. The second-order valence-corrected chi connectivity index (χ2v) is 6.05. The molecule has 1 rings (SSSR count). The first-order valence-corrected chi connectivity index (χ1v) is 7.66. The summed E-state index contributed by atoms with van der Waals surface area (Å²) < 4.78 is 9.60. The van der Waals surface area contributed by atoms with E-state index in [9.17, 15) is 14.4 Å². The van der Waals surface area contributed by atoms with Gasteiger partial charge in [-0.15, -0.1) is 0 Å². The summed E-state index contributed by atoms with van der Waals surface area (Å²) in [4.78, 5) is 39.0. The topological polar surface area (TPSA) is 94.6 Å². The molecule has 1 heterocycles. The number of carbonyl (C=O) groups is 3. The average molecular weight is 328 g/mol. The number of anilines is 1. The van der Waals surface area contributed by atoms with Crippen molar-refractivity contribution in [2.24, 2.45) is 5.92 Å². The predicted molar refractivity (Wildman–Crippen MR) is 81.9 cm³/mol. The molecule has 0 unspecified atom stereocenters. The van der Waals surface area contributed by atoms with Crippen molar-refractivity contribution in [2.75, 3.05) is 19.0 Å². The minimum atomic E-state index is -0.455. The first-order valence-electron chi connectivity index (χ1n) is 6.84. The zero-order valence-corrected chi connectivity index (χ0v) is 13.9. The van der Waals surface area contributed by atoms with Gasteiger partial charge in [0, 0.05) is 6.42 Å². The van der Waals surface area contributed by atoms with Crippen LogP contribution in [0, 0.1) is 12.8 Å². The lowest BCUT2D eigenvalue weighted by atomic mass is 10.2. The molecule has 0 saturated carbocycles. The summed E-state index contributed by atoms with van der Waals surface area (Å²) in [5.41, 5.74) is 0.502. The average Bonchev–Trinajstić information content (AvgIpc) is 2.82. The molecule has 0 aliphatic rings. The Morgan fingerprint density at radius 3 is 2.55 bits per heavy atom. The molecule has 0 radical (unpaired) electrons. The first kappa shape index (κ1) is 18.1. The first-order chi connectivity index (χ1) is 10.3. The maximum atomic E-state index is 11.9. The number of hydrogen-bond donors (Lipinski definition) is 1. The molecule has 0 saturated heterocycles. The molecule has 0 spiro atoms. The van der Waals surface area contributed by atoms with Gasteiger partial charge in [0.2, 0.25) is 5.91 Å². The standard InChI is InChI=1S/C14H20N2O5S/c1-8(2)7-21-13(19)12-9(3)15-14(22-12)16-10(17)5-6-11(18)20-4/h8H,5-7H2,1-4H3,(H,15,16,17). The van der Waals surface area contributed by atoms with Gasteiger partial charge in [-0.1, -0.05) is 25.2 Å². The lowest BCUT2D eigenvalue weighted by Gasteiger charge is -2.05. The Morgan fingerprint density at radius 2 is 1.95 bits per heavy atom. The van der Waals surface area contributed by atoms with Crippen LogP contribution in [0.3, 0.4) is 0 Å². The number of nitrogens with one attached hydrogen (secondary N) is 1. The van der Waals surface area contributed by atoms with Crippen molar-refractivity contribution < 1.29 is 23.9 Å². The number of aromatic nitrogens is 1. The molecule has 122 valence electrons. The van der Waals surface area contributed by atoms with Crippen LogP contribution in [0.2, 0.25) is 0 Å². The Labute approximate surface area is 133 Å². The summed E-state index contributed by atoms with van der Waals surface area (Å²) in [7, 11) is 1.26. The number of thiazole rings is 1. The van der Waals surface area contributed by atoms with E-state index in [1.165, 1.54) is 7.11 Å². The fraction of sp³-hybridized carbons (Fsp3) is 0.571. The SMILES string of the molecule is COC(=O)CCC(=O)Nc1nc(C)c(C(=O)OCC(C)C)s1. The van der Waals surface area contributed by atoms with Crippen LogP contribution in [-0.4, -0.2) is 36.5 Å². The third kappa shape index (κ3) is 5.80. The fourth-order valence-electron chi connectivity index (χ4n) is 1.45. The second-order valence-electron chi connectivity index (χ2n) is 5.05. The maximum absolute atomic E-state index is 11.9. The highest BCUT2D eigenvalue weighted by Gasteiger charge is 2.18. The van der Waals surface area contributed by atoms with Crippen molar-refractivity contribution >= 4 is 34.3 Å². The number of nitrogens with zero attached hydrogens (tertiary/aromatic N) is 1. The van der Waals surface area contributed by atoms with Gasteiger partial charge >= 0.3 is 11.9 Å². The highest BCUT2D eigenvalue weighted by Crippen LogP contribution is 2.23. The Bertz CT molecular complexity index is 553. The van der Waals surface area contributed by atoms with Gasteiger partial charge in [-0.05, 0) is 12.8 Å². The quantitative estimate of drug-likeness (QED) is 0.771. The van der Waals surface area contributed by atoms with Crippen molar-refractivity contribution in [1.29, 1.82) is 0 Å². The van der Waals surface area contributed by atoms with Crippen LogP contribution in [0.25, 0.3) is 0 Å². The van der Waals surface area contributed by atoms with Crippen LogP contribution in [0.1, 0.15) is 42.1 Å². The van der Waals surface area contributed by atoms with E-state index in [1.54, 1.807) is 6.92 Å². The van der Waals surface area contributed by atoms with Crippen LogP contribution in [-0.2, 0) is 19.1 Å². The van der Waals surface area contributed by atoms with E-state index < -0.39 is 11.9 Å². The Hall–Kier alpha value is -1.96. The molecule has 0 bridgehead atoms. The highest BCUT2D eigenvalue weighted by atomic mass is 32.1. The Kier molecular flexibility index (Phi) is 6.97. The van der Waals surface area contributed by atoms with Crippen molar-refractivity contribution in [3.8, 4) is 0 Å². The van der Waals surface area contributed by atoms with Crippen LogP contribution in [0.5, 0.6) is 0 Å². The number of hydrogen-bond acceptors (Lipinski definition) is 7. The molecular formula is C14H20N2O5S. The lowest BCUT2D eigenvalue weighted by Crippen LogP contribution is -2.13. The van der Waals surface area contributed by atoms with Crippen LogP contribution >= 0.6 is 11.3 Å². The Morgan fingerprint density at radius 1 is 1.27 bits per heavy atom. The van der Waals surface area contributed by atoms with Crippen molar-refractivity contribution in [3.63, 3.8) is 0 Å². The molecule has 0 aliphatic heterocycles. The number of amides is 1. The van der Waals surface area contributed by atoms with Gasteiger partial charge in [0.05, 0.1) is 25.8 Å². The summed E-state index contributed by atoms with van der Waals surface area (Å²) >= 11 is 1.05.